The summed E-state index contributed by atoms with van der Waals surface area (Å²) in [7, 11) is 0. The Morgan fingerprint density at radius 1 is 1.62 bits per heavy atom. The number of rotatable bonds is 2. The minimum atomic E-state index is -0.946. The van der Waals surface area contributed by atoms with E-state index in [9.17, 15) is 4.79 Å². The number of carbonyl (C=O) groups is 1. The van der Waals surface area contributed by atoms with Crippen LogP contribution in [0.5, 0.6) is 0 Å². The van der Waals surface area contributed by atoms with Crippen molar-refractivity contribution in [1.82, 2.24) is 4.98 Å². The van der Waals surface area contributed by atoms with E-state index >= 15 is 0 Å². The van der Waals surface area contributed by atoms with E-state index in [4.69, 9.17) is 5.11 Å². The monoisotopic (exact) mass is 199 g/mol. The average molecular weight is 200 g/mol. The van der Waals surface area contributed by atoms with Crippen molar-refractivity contribution in [2.45, 2.75) is 6.92 Å². The van der Waals surface area contributed by atoms with E-state index in [2.05, 4.69) is 4.98 Å². The number of halogens is 1. The molecule has 0 amide bonds. The zero-order chi connectivity index (χ0) is 8.97. The Balaban J connectivity index is 0.00000144. The van der Waals surface area contributed by atoms with Crippen molar-refractivity contribution >= 4 is 24.5 Å². The van der Waals surface area contributed by atoms with E-state index in [1.54, 1.807) is 12.3 Å². The summed E-state index contributed by atoms with van der Waals surface area (Å²) in [4.78, 5) is 14.2. The van der Waals surface area contributed by atoms with Crippen LogP contribution in [0.3, 0.4) is 0 Å². The van der Waals surface area contributed by atoms with Gasteiger partial charge in [-0.05, 0) is 24.6 Å². The molecule has 0 unspecified atom stereocenters. The average Bonchev–Trinajstić information content (AvgIpc) is 2.03. The number of aryl methyl sites for hydroxylation is 1. The van der Waals surface area contributed by atoms with Gasteiger partial charge in [-0.15, -0.1) is 12.4 Å². The smallest absolute Gasteiger partial charge is 0.328 e. The molecule has 4 heteroatoms. The lowest BCUT2D eigenvalue weighted by molar-refractivity contribution is -0.131. The summed E-state index contributed by atoms with van der Waals surface area (Å²) in [6.45, 7) is 1.83. The third-order valence-corrected chi connectivity index (χ3v) is 1.45. The molecule has 1 aromatic rings. The molecule has 0 saturated heterocycles. The van der Waals surface area contributed by atoms with Crippen LogP contribution < -0.4 is 0 Å². The Labute approximate surface area is 82.5 Å². The maximum Gasteiger partial charge on any atom is 0.328 e. The van der Waals surface area contributed by atoms with Crippen LogP contribution in [0.25, 0.3) is 6.08 Å². The van der Waals surface area contributed by atoms with Crippen LogP contribution in [-0.2, 0) is 4.79 Å². The number of hydrogen-bond donors (Lipinski definition) is 1. The number of pyridine rings is 1. The molecule has 0 radical (unpaired) electrons. The summed E-state index contributed by atoms with van der Waals surface area (Å²) in [6.07, 6.45) is 4.31. The molecule has 0 fully saturated rings. The Kier molecular flexibility index (Phi) is 4.77. The van der Waals surface area contributed by atoms with Gasteiger partial charge in [0.05, 0.1) is 0 Å². The molecule has 0 atom stereocenters. The summed E-state index contributed by atoms with van der Waals surface area (Å²) < 4.78 is 0. The Bertz CT molecular complexity index is 323. The maximum absolute atomic E-state index is 10.2. The topological polar surface area (TPSA) is 50.2 Å². The second kappa shape index (κ2) is 5.32. The van der Waals surface area contributed by atoms with Gasteiger partial charge in [-0.1, -0.05) is 6.07 Å². The van der Waals surface area contributed by atoms with Gasteiger partial charge in [0.25, 0.3) is 0 Å². The zero-order valence-corrected chi connectivity index (χ0v) is 7.91. The highest BCUT2D eigenvalue weighted by Gasteiger charge is 1.93. The van der Waals surface area contributed by atoms with E-state index in [0.717, 1.165) is 17.3 Å². The van der Waals surface area contributed by atoms with Crippen molar-refractivity contribution < 1.29 is 9.90 Å². The number of carboxylic acid groups (broad SMARTS) is 1. The molecule has 13 heavy (non-hydrogen) atoms. The molecule has 1 rings (SSSR count). The highest BCUT2D eigenvalue weighted by atomic mass is 35.5. The van der Waals surface area contributed by atoms with E-state index in [1.165, 1.54) is 6.08 Å². The van der Waals surface area contributed by atoms with Crippen LogP contribution >= 0.6 is 12.4 Å². The van der Waals surface area contributed by atoms with Gasteiger partial charge in [-0.3, -0.25) is 4.98 Å². The second-order valence-electron chi connectivity index (χ2n) is 2.35. The third kappa shape index (κ3) is 3.71. The van der Waals surface area contributed by atoms with Crippen molar-refractivity contribution in [3.8, 4) is 0 Å². The summed E-state index contributed by atoms with van der Waals surface area (Å²) in [6, 6.07) is 3.59. The van der Waals surface area contributed by atoms with Gasteiger partial charge in [0.1, 0.15) is 0 Å². The molecule has 0 aliphatic heterocycles. The Morgan fingerprint density at radius 3 is 2.85 bits per heavy atom. The van der Waals surface area contributed by atoms with Gasteiger partial charge in [0.15, 0.2) is 0 Å². The largest absolute Gasteiger partial charge is 0.478 e. The summed E-state index contributed by atoms with van der Waals surface area (Å²) in [5.74, 6) is -0.946. The van der Waals surface area contributed by atoms with Crippen molar-refractivity contribution in [1.29, 1.82) is 0 Å². The van der Waals surface area contributed by atoms with Crippen molar-refractivity contribution in [2.24, 2.45) is 0 Å². The van der Waals surface area contributed by atoms with Crippen molar-refractivity contribution in [2.75, 3.05) is 0 Å². The normalized spacial score (nSPS) is 9.62. The molecule has 0 saturated carbocycles. The first kappa shape index (κ1) is 11.6. The van der Waals surface area contributed by atoms with Crippen molar-refractivity contribution in [3.05, 3.63) is 35.7 Å². The summed E-state index contributed by atoms with van der Waals surface area (Å²) in [5, 5.41) is 8.36. The van der Waals surface area contributed by atoms with E-state index in [0.29, 0.717) is 0 Å². The van der Waals surface area contributed by atoms with Gasteiger partial charge in [0, 0.05) is 18.0 Å². The maximum atomic E-state index is 10.2. The van der Waals surface area contributed by atoms with Gasteiger partial charge in [-0.2, -0.15) is 0 Å². The number of nitrogens with zero attached hydrogens (tertiary/aromatic N) is 1. The van der Waals surface area contributed by atoms with E-state index in [1.807, 2.05) is 13.0 Å². The zero-order valence-electron chi connectivity index (χ0n) is 7.10. The fourth-order valence-electron chi connectivity index (χ4n) is 0.834. The first-order chi connectivity index (χ1) is 5.70. The Morgan fingerprint density at radius 2 is 2.31 bits per heavy atom. The first-order valence-corrected chi connectivity index (χ1v) is 3.53. The van der Waals surface area contributed by atoms with Crippen LogP contribution in [0.4, 0.5) is 0 Å². The predicted octanol–water partition coefficient (Wildman–Crippen LogP) is 1.91. The number of aromatic nitrogens is 1. The lowest BCUT2D eigenvalue weighted by Gasteiger charge is -1.95. The van der Waals surface area contributed by atoms with Crippen LogP contribution in [0.2, 0.25) is 0 Å². The minimum Gasteiger partial charge on any atom is -0.478 e. The molecule has 0 aliphatic rings. The van der Waals surface area contributed by atoms with Crippen LogP contribution in [0.1, 0.15) is 11.3 Å². The molecule has 1 heterocycles. The molecular weight excluding hydrogens is 190 g/mol. The number of hydrogen-bond acceptors (Lipinski definition) is 2. The van der Waals surface area contributed by atoms with Gasteiger partial charge in [0.2, 0.25) is 0 Å². The molecule has 0 spiro atoms. The van der Waals surface area contributed by atoms with Gasteiger partial charge >= 0.3 is 5.97 Å². The molecule has 0 aromatic carbocycles. The molecule has 1 N–H and O–H groups in total. The fourth-order valence-corrected chi connectivity index (χ4v) is 0.834. The highest BCUT2D eigenvalue weighted by molar-refractivity contribution is 5.85. The number of carboxylic acids is 1. The molecule has 1 aromatic heterocycles. The summed E-state index contributed by atoms with van der Waals surface area (Å²) in [5.41, 5.74) is 1.66. The highest BCUT2D eigenvalue weighted by Crippen LogP contribution is 2.05. The molecule has 3 nitrogen and oxygen atoms in total. The first-order valence-electron chi connectivity index (χ1n) is 3.53. The van der Waals surface area contributed by atoms with E-state index in [-0.39, 0.29) is 12.4 Å². The van der Waals surface area contributed by atoms with Crippen LogP contribution in [0.15, 0.2) is 24.4 Å². The van der Waals surface area contributed by atoms with Gasteiger partial charge in [-0.25, -0.2) is 4.79 Å². The minimum absolute atomic E-state index is 0. The van der Waals surface area contributed by atoms with Crippen LogP contribution in [0, 0.1) is 6.92 Å². The van der Waals surface area contributed by atoms with Gasteiger partial charge < -0.3 is 5.11 Å². The SMILES string of the molecule is Cc1ncccc1C=CC(=O)O.Cl. The second-order valence-corrected chi connectivity index (χ2v) is 2.35. The predicted molar refractivity (Wildman–Crippen MR) is 52.9 cm³/mol. The third-order valence-electron chi connectivity index (χ3n) is 1.45. The van der Waals surface area contributed by atoms with Crippen molar-refractivity contribution in [3.63, 3.8) is 0 Å². The Hall–Kier alpha value is -1.35. The molecule has 0 bridgehead atoms. The quantitative estimate of drug-likeness (QED) is 0.741. The number of aliphatic carboxylic acids is 1. The van der Waals surface area contributed by atoms with E-state index < -0.39 is 5.97 Å². The molecular formula is C9H10ClNO2. The summed E-state index contributed by atoms with van der Waals surface area (Å²) >= 11 is 0. The molecule has 0 aliphatic carbocycles. The lowest BCUT2D eigenvalue weighted by atomic mass is 10.2. The van der Waals surface area contributed by atoms with Crippen LogP contribution in [-0.4, -0.2) is 16.1 Å². The standard InChI is InChI=1S/C9H9NO2.ClH/c1-7-8(3-2-6-10-7)4-5-9(11)12;/h2-6H,1H3,(H,11,12);1H. The molecule has 70 valence electrons. The lowest BCUT2D eigenvalue weighted by Crippen LogP contribution is -1.88. The fraction of sp³-hybridized carbons (Fsp3) is 0.111.